The van der Waals surface area contributed by atoms with Gasteiger partial charge in [0, 0.05) is 22.0 Å². The zero-order chi connectivity index (χ0) is 21.3. The molecule has 1 unspecified atom stereocenters. The summed E-state index contributed by atoms with van der Waals surface area (Å²) in [4.78, 5) is 3.23. The van der Waals surface area contributed by atoms with E-state index in [4.69, 9.17) is 16.0 Å². The molecule has 0 bridgehead atoms. The number of halogens is 2. The van der Waals surface area contributed by atoms with Crippen LogP contribution in [0.5, 0.6) is 0 Å². The predicted molar refractivity (Wildman–Crippen MR) is 117 cm³/mol. The van der Waals surface area contributed by atoms with Crippen molar-refractivity contribution in [2.45, 2.75) is 25.2 Å². The summed E-state index contributed by atoms with van der Waals surface area (Å²) in [5, 5.41) is 1.85. The molecule has 1 fully saturated rings. The molecule has 1 aliphatic carbocycles. The molecule has 0 aliphatic heterocycles. The maximum absolute atomic E-state index is 14.4. The van der Waals surface area contributed by atoms with Crippen LogP contribution in [0.2, 0.25) is 5.02 Å². The maximum atomic E-state index is 14.4. The van der Waals surface area contributed by atoms with Gasteiger partial charge in [0.25, 0.3) is 0 Å². The fourth-order valence-electron chi connectivity index (χ4n) is 4.42. The van der Waals surface area contributed by atoms with E-state index in [9.17, 15) is 12.8 Å². The van der Waals surface area contributed by atoms with Crippen LogP contribution < -0.4 is 4.72 Å². The van der Waals surface area contributed by atoms with Crippen LogP contribution in [0, 0.1) is 11.7 Å². The Morgan fingerprint density at radius 1 is 1.27 bits per heavy atom. The SMILES string of the molecule is CC(c1cc2cc(Cl)cc(F)c2o1)(c1c[nH]c2c(NS(C)(=O)=O)cccc12)C1CC1. The lowest BCUT2D eigenvalue weighted by atomic mass is 9.75. The highest BCUT2D eigenvalue weighted by Crippen LogP contribution is 2.54. The summed E-state index contributed by atoms with van der Waals surface area (Å²) in [7, 11) is -3.42. The second-order valence-corrected chi connectivity index (χ2v) is 10.4. The molecule has 0 radical (unpaired) electrons. The van der Waals surface area contributed by atoms with E-state index in [2.05, 4.69) is 16.6 Å². The standard InChI is InChI=1S/C22H20ClFN2O3S/c1-22(13-6-7-13,19-9-12-8-14(23)10-17(24)21(12)29-19)16-11-25-20-15(16)4-3-5-18(20)26-30(2,27)28/h3-5,8-11,13,25-26H,6-7H2,1-2H3. The number of sulfonamides is 1. The number of anilines is 1. The van der Waals surface area contributed by atoms with Gasteiger partial charge in [-0.25, -0.2) is 12.8 Å². The molecule has 5 rings (SSSR count). The average Bonchev–Trinajstić information content (AvgIpc) is 3.27. The van der Waals surface area contributed by atoms with Crippen LogP contribution in [0.25, 0.3) is 21.9 Å². The van der Waals surface area contributed by atoms with E-state index in [-0.39, 0.29) is 5.58 Å². The zero-order valence-electron chi connectivity index (χ0n) is 16.4. The van der Waals surface area contributed by atoms with Gasteiger partial charge in [-0.1, -0.05) is 23.7 Å². The lowest BCUT2D eigenvalue weighted by molar-refractivity contribution is 0.385. The number of rotatable bonds is 5. The molecule has 2 aromatic carbocycles. The summed E-state index contributed by atoms with van der Waals surface area (Å²) < 4.78 is 46.5. The van der Waals surface area contributed by atoms with Gasteiger partial charge in [-0.15, -0.1) is 0 Å². The number of aromatic amines is 1. The molecule has 1 saturated carbocycles. The molecule has 1 aliphatic rings. The molecule has 0 spiro atoms. The monoisotopic (exact) mass is 446 g/mol. The summed E-state index contributed by atoms with van der Waals surface area (Å²) in [5.41, 5.74) is 1.88. The summed E-state index contributed by atoms with van der Waals surface area (Å²) in [6.45, 7) is 2.10. The van der Waals surface area contributed by atoms with Crippen LogP contribution in [-0.4, -0.2) is 19.7 Å². The fraction of sp³-hybridized carbons (Fsp3) is 0.273. The Balaban J connectivity index is 1.71. The maximum Gasteiger partial charge on any atom is 0.229 e. The summed E-state index contributed by atoms with van der Waals surface area (Å²) in [6, 6.07) is 10.3. The Hall–Kier alpha value is -2.51. The molecule has 0 amide bonds. The van der Waals surface area contributed by atoms with Crippen molar-refractivity contribution in [3.63, 3.8) is 0 Å². The molecular formula is C22H20ClFN2O3S. The topological polar surface area (TPSA) is 75.1 Å². The van der Waals surface area contributed by atoms with E-state index in [0.717, 1.165) is 30.0 Å². The zero-order valence-corrected chi connectivity index (χ0v) is 18.0. The van der Waals surface area contributed by atoms with Crippen LogP contribution in [0.4, 0.5) is 10.1 Å². The number of nitrogens with one attached hydrogen (secondary N) is 2. The van der Waals surface area contributed by atoms with Crippen molar-refractivity contribution in [3.8, 4) is 0 Å². The molecule has 2 N–H and O–H groups in total. The molecule has 8 heteroatoms. The van der Waals surface area contributed by atoms with Crippen molar-refractivity contribution >= 4 is 49.2 Å². The summed E-state index contributed by atoms with van der Waals surface area (Å²) >= 11 is 6.03. The molecule has 30 heavy (non-hydrogen) atoms. The van der Waals surface area contributed by atoms with E-state index in [1.165, 1.54) is 6.07 Å². The van der Waals surface area contributed by atoms with E-state index < -0.39 is 21.3 Å². The van der Waals surface area contributed by atoms with Crippen LogP contribution in [-0.2, 0) is 15.4 Å². The van der Waals surface area contributed by atoms with E-state index in [0.29, 0.717) is 33.3 Å². The lowest BCUT2D eigenvalue weighted by Gasteiger charge is -2.27. The smallest absolute Gasteiger partial charge is 0.229 e. The number of para-hydroxylation sites is 1. The third-order valence-corrected chi connectivity index (χ3v) is 6.82. The average molecular weight is 447 g/mol. The van der Waals surface area contributed by atoms with Crippen LogP contribution in [0.3, 0.4) is 0 Å². The van der Waals surface area contributed by atoms with Crippen molar-refractivity contribution in [1.82, 2.24) is 4.98 Å². The Morgan fingerprint density at radius 3 is 2.73 bits per heavy atom. The number of hydrogen-bond donors (Lipinski definition) is 2. The molecule has 2 aromatic heterocycles. The molecule has 0 saturated heterocycles. The first kappa shape index (κ1) is 19.5. The fourth-order valence-corrected chi connectivity index (χ4v) is 5.20. The Morgan fingerprint density at radius 2 is 2.03 bits per heavy atom. The minimum absolute atomic E-state index is 0.195. The largest absolute Gasteiger partial charge is 0.457 e. The molecular weight excluding hydrogens is 427 g/mol. The molecule has 156 valence electrons. The number of aromatic nitrogens is 1. The van der Waals surface area contributed by atoms with Crippen molar-refractivity contribution < 1.29 is 17.2 Å². The highest BCUT2D eigenvalue weighted by molar-refractivity contribution is 7.92. The molecule has 2 heterocycles. The van der Waals surface area contributed by atoms with Crippen LogP contribution in [0.1, 0.15) is 31.1 Å². The van der Waals surface area contributed by atoms with Crippen LogP contribution in [0.15, 0.2) is 47.0 Å². The third-order valence-electron chi connectivity index (χ3n) is 6.01. The van der Waals surface area contributed by atoms with Gasteiger partial charge in [0.05, 0.1) is 22.9 Å². The highest BCUT2D eigenvalue weighted by Gasteiger charge is 2.47. The van der Waals surface area contributed by atoms with Gasteiger partial charge >= 0.3 is 0 Å². The van der Waals surface area contributed by atoms with Gasteiger partial charge in [-0.2, -0.15) is 0 Å². The molecule has 4 aromatic rings. The first-order valence-electron chi connectivity index (χ1n) is 9.64. The minimum Gasteiger partial charge on any atom is -0.457 e. The lowest BCUT2D eigenvalue weighted by Crippen LogP contribution is -2.25. The van der Waals surface area contributed by atoms with E-state index >= 15 is 0 Å². The Bertz CT molecular complexity index is 1400. The van der Waals surface area contributed by atoms with Gasteiger partial charge in [0.15, 0.2) is 11.4 Å². The first-order chi connectivity index (χ1) is 14.2. The van der Waals surface area contributed by atoms with Gasteiger partial charge in [0.1, 0.15) is 5.76 Å². The highest BCUT2D eigenvalue weighted by atomic mass is 35.5. The summed E-state index contributed by atoms with van der Waals surface area (Å²) in [5.74, 6) is 0.520. The Labute approximate surface area is 178 Å². The van der Waals surface area contributed by atoms with Gasteiger partial charge < -0.3 is 9.40 Å². The van der Waals surface area contributed by atoms with Crippen molar-refractivity contribution in [3.05, 3.63) is 64.8 Å². The van der Waals surface area contributed by atoms with E-state index in [1.54, 1.807) is 12.1 Å². The number of H-pyrrole nitrogens is 1. The molecule has 1 atom stereocenters. The number of hydrogen-bond acceptors (Lipinski definition) is 3. The molecule has 5 nitrogen and oxygen atoms in total. The second-order valence-electron chi connectivity index (χ2n) is 8.20. The quantitative estimate of drug-likeness (QED) is 0.407. The Kier molecular flexibility index (Phi) is 4.21. The van der Waals surface area contributed by atoms with Crippen molar-refractivity contribution in [1.29, 1.82) is 0 Å². The third kappa shape index (κ3) is 3.08. The van der Waals surface area contributed by atoms with Crippen LogP contribution >= 0.6 is 11.6 Å². The van der Waals surface area contributed by atoms with Gasteiger partial charge in [-0.3, -0.25) is 4.72 Å². The minimum atomic E-state index is -3.42. The normalized spacial score (nSPS) is 16.8. The van der Waals surface area contributed by atoms with E-state index in [1.807, 2.05) is 24.4 Å². The van der Waals surface area contributed by atoms with Gasteiger partial charge in [-0.05, 0) is 55.5 Å². The summed E-state index contributed by atoms with van der Waals surface area (Å²) in [6.07, 6.45) is 5.08. The number of furan rings is 1. The number of fused-ring (bicyclic) bond motifs is 2. The van der Waals surface area contributed by atoms with Crippen molar-refractivity contribution in [2.75, 3.05) is 11.0 Å². The first-order valence-corrected chi connectivity index (χ1v) is 11.9. The number of benzene rings is 2. The predicted octanol–water partition coefficient (Wildman–Crippen LogP) is 5.79. The second kappa shape index (κ2) is 6.49. The van der Waals surface area contributed by atoms with Crippen molar-refractivity contribution in [2.24, 2.45) is 5.92 Å². The van der Waals surface area contributed by atoms with Gasteiger partial charge in [0.2, 0.25) is 10.0 Å².